The molecule has 4 rings (SSSR count). The first-order chi connectivity index (χ1) is 14.1. The number of amides is 1. The van der Waals surface area contributed by atoms with Crippen LogP contribution < -0.4 is 5.32 Å². The van der Waals surface area contributed by atoms with Crippen molar-refractivity contribution in [2.24, 2.45) is 5.92 Å². The van der Waals surface area contributed by atoms with Gasteiger partial charge in [0, 0.05) is 18.1 Å². The van der Waals surface area contributed by atoms with Crippen LogP contribution in [0.15, 0.2) is 53.6 Å². The molecular weight excluding hydrogens is 384 g/mol. The molecule has 7 nitrogen and oxygen atoms in total. The van der Waals surface area contributed by atoms with E-state index in [1.54, 1.807) is 22.3 Å². The maximum Gasteiger partial charge on any atom is 0.226 e. The first-order valence-corrected chi connectivity index (χ1v) is 10.7. The molecule has 0 saturated heterocycles. The fraction of sp³-hybridized carbons (Fsp3) is 0.333. The Hall–Kier alpha value is -3.00. The third-order valence-corrected chi connectivity index (χ3v) is 5.73. The second-order valence-corrected chi connectivity index (χ2v) is 8.32. The molecule has 1 N–H and O–H groups in total. The molecule has 150 valence electrons. The summed E-state index contributed by atoms with van der Waals surface area (Å²) in [4.78, 5) is 12.9. The van der Waals surface area contributed by atoms with Crippen LogP contribution in [-0.2, 0) is 11.3 Å². The highest BCUT2D eigenvalue weighted by atomic mass is 32.1. The highest BCUT2D eigenvalue weighted by Gasteiger charge is 2.20. The Morgan fingerprint density at radius 2 is 2.14 bits per heavy atom. The molecule has 1 aromatic carbocycles. The van der Waals surface area contributed by atoms with Crippen LogP contribution >= 0.6 is 11.3 Å². The summed E-state index contributed by atoms with van der Waals surface area (Å²) in [6, 6.07) is 9.88. The van der Waals surface area contributed by atoms with E-state index in [0.717, 1.165) is 35.1 Å². The van der Waals surface area contributed by atoms with Crippen LogP contribution in [0.2, 0.25) is 0 Å². The molecule has 1 atom stereocenters. The number of carbonyl (C=O) groups is 1. The van der Waals surface area contributed by atoms with E-state index in [9.17, 15) is 4.79 Å². The molecule has 0 unspecified atom stereocenters. The van der Waals surface area contributed by atoms with Gasteiger partial charge in [0.1, 0.15) is 6.33 Å². The summed E-state index contributed by atoms with van der Waals surface area (Å²) < 4.78 is 3.88. The largest absolute Gasteiger partial charge is 0.347 e. The van der Waals surface area contributed by atoms with Crippen LogP contribution in [0.25, 0.3) is 10.9 Å². The Kier molecular flexibility index (Phi) is 5.71. The Morgan fingerprint density at radius 1 is 1.24 bits per heavy atom. The van der Waals surface area contributed by atoms with Gasteiger partial charge in [0.05, 0.1) is 23.7 Å². The van der Waals surface area contributed by atoms with Gasteiger partial charge in [-0.3, -0.25) is 4.79 Å². The number of nitrogens with zero attached hydrogens (tertiary/aromatic N) is 5. The number of nitrogens with one attached hydrogen (secondary N) is 1. The number of carbonyl (C=O) groups excluding carboxylic acids is 1. The number of aryl methyl sites for hydroxylation is 1. The Bertz CT molecular complexity index is 1030. The van der Waals surface area contributed by atoms with Gasteiger partial charge in [0.25, 0.3) is 0 Å². The van der Waals surface area contributed by atoms with Crippen LogP contribution in [0.5, 0.6) is 0 Å². The fourth-order valence-corrected chi connectivity index (χ4v) is 4.15. The van der Waals surface area contributed by atoms with Crippen LogP contribution in [-0.4, -0.2) is 30.7 Å². The maximum atomic E-state index is 12.9. The predicted molar refractivity (Wildman–Crippen MR) is 115 cm³/mol. The van der Waals surface area contributed by atoms with E-state index in [2.05, 4.69) is 57.6 Å². The molecule has 3 aromatic heterocycles. The van der Waals surface area contributed by atoms with Gasteiger partial charge in [-0.25, -0.2) is 4.68 Å². The van der Waals surface area contributed by atoms with E-state index < -0.39 is 0 Å². The number of benzene rings is 1. The Balaban J connectivity index is 1.53. The summed E-state index contributed by atoms with van der Waals surface area (Å²) in [5.74, 6) is 0.578. The zero-order chi connectivity index (χ0) is 20.2. The molecule has 4 aromatic rings. The quantitative estimate of drug-likeness (QED) is 0.470. The molecule has 1 amide bonds. The first-order valence-electron chi connectivity index (χ1n) is 9.74. The molecule has 29 heavy (non-hydrogen) atoms. The molecule has 0 aliphatic heterocycles. The SMILES string of the molecule is CC(C)CCn1ccc2c(NC(=O)C[C@H](c3ccsc3)n3cnnn3)cccc21. The minimum absolute atomic E-state index is 0.0702. The van der Waals surface area contributed by atoms with E-state index in [-0.39, 0.29) is 18.4 Å². The molecule has 0 radical (unpaired) electrons. The first kappa shape index (κ1) is 19.3. The van der Waals surface area contributed by atoms with Gasteiger partial charge >= 0.3 is 0 Å². The lowest BCUT2D eigenvalue weighted by molar-refractivity contribution is -0.116. The monoisotopic (exact) mass is 408 g/mol. The third kappa shape index (κ3) is 4.37. The molecule has 3 heterocycles. The summed E-state index contributed by atoms with van der Waals surface area (Å²) in [7, 11) is 0. The van der Waals surface area contributed by atoms with Crippen molar-refractivity contribution >= 4 is 33.8 Å². The van der Waals surface area contributed by atoms with Crippen molar-refractivity contribution in [3.05, 3.63) is 59.2 Å². The highest BCUT2D eigenvalue weighted by molar-refractivity contribution is 7.08. The topological polar surface area (TPSA) is 77.6 Å². The van der Waals surface area contributed by atoms with Gasteiger partial charge in [-0.2, -0.15) is 11.3 Å². The highest BCUT2D eigenvalue weighted by Crippen LogP contribution is 2.27. The molecular formula is C21H24N6OS. The molecule has 0 spiro atoms. The van der Waals surface area contributed by atoms with Crippen molar-refractivity contribution in [1.82, 2.24) is 24.8 Å². The van der Waals surface area contributed by atoms with Crippen LogP contribution in [0.1, 0.15) is 38.3 Å². The van der Waals surface area contributed by atoms with E-state index in [0.29, 0.717) is 5.92 Å². The zero-order valence-electron chi connectivity index (χ0n) is 16.5. The smallest absolute Gasteiger partial charge is 0.226 e. The van der Waals surface area contributed by atoms with Crippen molar-refractivity contribution in [1.29, 1.82) is 0 Å². The van der Waals surface area contributed by atoms with Gasteiger partial charge in [0.2, 0.25) is 5.91 Å². The standard InChI is InChI=1S/C21H24N6OS/c1-15(2)6-9-26-10-7-17-18(4-3-5-19(17)26)23-21(28)12-20(16-8-11-29-13-16)27-14-22-24-25-27/h3-5,7-8,10-11,13-15,20H,6,9,12H2,1-2H3,(H,23,28)/t20-/m1/s1. The van der Waals surface area contributed by atoms with Gasteiger partial charge < -0.3 is 9.88 Å². The van der Waals surface area contributed by atoms with Crippen molar-refractivity contribution < 1.29 is 4.79 Å². The minimum atomic E-state index is -0.230. The van der Waals surface area contributed by atoms with Crippen LogP contribution in [0.4, 0.5) is 5.69 Å². The summed E-state index contributed by atoms with van der Waals surface area (Å²) in [5.41, 5.74) is 2.99. The Labute approximate surface area is 173 Å². The van der Waals surface area contributed by atoms with E-state index in [1.807, 2.05) is 29.0 Å². The number of fused-ring (bicyclic) bond motifs is 1. The van der Waals surface area contributed by atoms with Crippen molar-refractivity contribution in [2.45, 2.75) is 39.3 Å². The molecule has 0 bridgehead atoms. The average Bonchev–Trinajstić information content (AvgIpc) is 3.47. The van der Waals surface area contributed by atoms with Crippen LogP contribution in [0, 0.1) is 5.92 Å². The zero-order valence-corrected chi connectivity index (χ0v) is 17.3. The second kappa shape index (κ2) is 8.57. The number of anilines is 1. The maximum absolute atomic E-state index is 12.9. The normalized spacial score (nSPS) is 12.5. The van der Waals surface area contributed by atoms with Gasteiger partial charge in [-0.1, -0.05) is 19.9 Å². The second-order valence-electron chi connectivity index (χ2n) is 7.54. The number of aromatic nitrogens is 5. The van der Waals surface area contributed by atoms with Crippen molar-refractivity contribution in [3.63, 3.8) is 0 Å². The summed E-state index contributed by atoms with van der Waals surface area (Å²) in [5, 5.41) is 19.6. The third-order valence-electron chi connectivity index (χ3n) is 5.03. The number of thiophene rings is 1. The number of hydrogen-bond donors (Lipinski definition) is 1. The van der Waals surface area contributed by atoms with Gasteiger partial charge in [-0.05, 0) is 63.4 Å². The molecule has 8 heteroatoms. The predicted octanol–water partition coefficient (Wildman–Crippen LogP) is 4.35. The lowest BCUT2D eigenvalue weighted by Crippen LogP contribution is -2.20. The van der Waals surface area contributed by atoms with E-state index in [4.69, 9.17) is 0 Å². The van der Waals surface area contributed by atoms with Gasteiger partial charge in [-0.15, -0.1) is 5.10 Å². The molecule has 0 fully saturated rings. The van der Waals surface area contributed by atoms with E-state index in [1.165, 1.54) is 0 Å². The van der Waals surface area contributed by atoms with Gasteiger partial charge in [0.15, 0.2) is 0 Å². The molecule has 0 aliphatic rings. The number of hydrogen-bond acceptors (Lipinski definition) is 5. The van der Waals surface area contributed by atoms with E-state index >= 15 is 0 Å². The summed E-state index contributed by atoms with van der Waals surface area (Å²) in [6.07, 6.45) is 5.02. The molecule has 0 aliphatic carbocycles. The summed E-state index contributed by atoms with van der Waals surface area (Å²) in [6.45, 7) is 5.43. The fourth-order valence-electron chi connectivity index (χ4n) is 3.44. The lowest BCUT2D eigenvalue weighted by atomic mass is 10.1. The summed E-state index contributed by atoms with van der Waals surface area (Å²) >= 11 is 1.59. The Morgan fingerprint density at radius 3 is 2.86 bits per heavy atom. The lowest BCUT2D eigenvalue weighted by Gasteiger charge is -2.15. The van der Waals surface area contributed by atoms with Crippen molar-refractivity contribution in [2.75, 3.05) is 5.32 Å². The molecule has 0 saturated carbocycles. The van der Waals surface area contributed by atoms with Crippen molar-refractivity contribution in [3.8, 4) is 0 Å². The average molecular weight is 409 g/mol. The minimum Gasteiger partial charge on any atom is -0.347 e. The van der Waals surface area contributed by atoms with Crippen LogP contribution in [0.3, 0.4) is 0 Å². The number of tetrazole rings is 1. The number of rotatable bonds is 8.